The van der Waals surface area contributed by atoms with Gasteiger partial charge in [0, 0.05) is 46.3 Å². The van der Waals surface area contributed by atoms with E-state index in [2.05, 4.69) is 42.9 Å². The Hall–Kier alpha value is -2.74. The van der Waals surface area contributed by atoms with E-state index in [1.165, 1.54) is 57.5 Å². The van der Waals surface area contributed by atoms with Crippen molar-refractivity contribution in [2.24, 2.45) is 0 Å². The van der Waals surface area contributed by atoms with Crippen molar-refractivity contribution < 1.29 is 16.8 Å². The molecule has 0 unspecified atom stereocenters. The zero-order valence-electron chi connectivity index (χ0n) is 25.2. The molecule has 0 spiro atoms. The Morgan fingerprint density at radius 1 is 0.791 bits per heavy atom. The maximum absolute atomic E-state index is 11.7. The third-order valence-corrected chi connectivity index (χ3v) is 11.4. The van der Waals surface area contributed by atoms with Gasteiger partial charge in [-0.1, -0.05) is 12.1 Å². The molecule has 12 heteroatoms. The molecule has 0 amide bonds. The quantitative estimate of drug-likeness (QED) is 0.183. The fourth-order valence-corrected chi connectivity index (χ4v) is 7.76. The number of fused-ring (bicyclic) bond motifs is 2. The third kappa shape index (κ3) is 8.05. The molecule has 0 bridgehead atoms. The molecule has 234 valence electrons. The summed E-state index contributed by atoms with van der Waals surface area (Å²) in [6.07, 6.45) is 11.0. The van der Waals surface area contributed by atoms with E-state index in [9.17, 15) is 16.8 Å². The minimum absolute atomic E-state index is 0.0196. The Kier molecular flexibility index (Phi) is 9.94. The van der Waals surface area contributed by atoms with Gasteiger partial charge in [-0.05, 0) is 119 Å². The molecule has 4 aromatic rings. The number of likely N-dealkylation sites (N-methyl/N-ethyl adjacent to an activating group) is 1. The van der Waals surface area contributed by atoms with Crippen molar-refractivity contribution in [3.05, 3.63) is 71.0 Å². The molecule has 2 aliphatic heterocycles. The molecule has 43 heavy (non-hydrogen) atoms. The SMILES string of the molecule is CNS(=O)(=O)Cc1ccc2[nH]cc(C[C@H]3CCCN3)c2c1.CNS(=O)(=O)Cc1ccc2[nH]cc(C[C@H]3CCCN3C)c2c1. The number of benzene rings is 2. The number of H-pyrrole nitrogens is 2. The van der Waals surface area contributed by atoms with Crippen LogP contribution in [0.15, 0.2) is 48.8 Å². The molecule has 2 aromatic carbocycles. The van der Waals surface area contributed by atoms with E-state index in [4.69, 9.17) is 0 Å². The molecule has 4 heterocycles. The fraction of sp³-hybridized carbons (Fsp3) is 0.484. The lowest BCUT2D eigenvalue weighted by molar-refractivity contribution is 0.310. The number of sulfonamides is 2. The molecule has 10 nitrogen and oxygen atoms in total. The fourth-order valence-electron chi connectivity index (χ4n) is 6.24. The number of aromatic nitrogens is 2. The first-order valence-corrected chi connectivity index (χ1v) is 18.3. The summed E-state index contributed by atoms with van der Waals surface area (Å²) in [6, 6.07) is 12.8. The predicted octanol–water partition coefficient (Wildman–Crippen LogP) is 3.37. The summed E-state index contributed by atoms with van der Waals surface area (Å²) in [7, 11) is -1.40. The van der Waals surface area contributed by atoms with E-state index in [0.717, 1.165) is 52.3 Å². The van der Waals surface area contributed by atoms with Crippen molar-refractivity contribution in [3.8, 4) is 0 Å². The Morgan fingerprint density at radius 2 is 1.35 bits per heavy atom. The highest BCUT2D eigenvalue weighted by atomic mass is 32.2. The van der Waals surface area contributed by atoms with E-state index in [0.29, 0.717) is 12.1 Å². The number of aromatic amines is 2. The van der Waals surface area contributed by atoms with Gasteiger partial charge in [-0.25, -0.2) is 26.3 Å². The molecule has 2 aromatic heterocycles. The van der Waals surface area contributed by atoms with E-state index in [-0.39, 0.29) is 11.5 Å². The minimum atomic E-state index is -3.24. The molecule has 0 aliphatic carbocycles. The topological polar surface area (TPSA) is 139 Å². The maximum Gasteiger partial charge on any atom is 0.215 e. The Labute approximate surface area is 255 Å². The van der Waals surface area contributed by atoms with Crippen molar-refractivity contribution >= 4 is 41.9 Å². The second-order valence-electron chi connectivity index (χ2n) is 11.8. The van der Waals surface area contributed by atoms with Gasteiger partial charge in [0.15, 0.2) is 0 Å². The zero-order valence-corrected chi connectivity index (χ0v) is 26.9. The van der Waals surface area contributed by atoms with Gasteiger partial charge in [0.25, 0.3) is 0 Å². The first-order chi connectivity index (χ1) is 20.6. The molecule has 5 N–H and O–H groups in total. The lowest BCUT2D eigenvalue weighted by Crippen LogP contribution is -2.26. The largest absolute Gasteiger partial charge is 0.361 e. The van der Waals surface area contributed by atoms with Gasteiger partial charge >= 0.3 is 0 Å². The van der Waals surface area contributed by atoms with Gasteiger partial charge in [0.2, 0.25) is 20.0 Å². The van der Waals surface area contributed by atoms with Crippen LogP contribution < -0.4 is 14.8 Å². The van der Waals surface area contributed by atoms with Crippen molar-refractivity contribution in [1.82, 2.24) is 29.6 Å². The first kappa shape index (κ1) is 31.7. The number of nitrogens with zero attached hydrogens (tertiary/aromatic N) is 1. The van der Waals surface area contributed by atoms with Crippen molar-refractivity contribution in [2.45, 2.75) is 62.1 Å². The lowest BCUT2D eigenvalue weighted by atomic mass is 10.0. The van der Waals surface area contributed by atoms with Crippen LogP contribution in [0.4, 0.5) is 0 Å². The molecule has 0 radical (unpaired) electrons. The highest BCUT2D eigenvalue weighted by Gasteiger charge is 2.22. The summed E-state index contributed by atoms with van der Waals surface area (Å²) >= 11 is 0. The lowest BCUT2D eigenvalue weighted by Gasteiger charge is -2.18. The Morgan fingerprint density at radius 3 is 1.81 bits per heavy atom. The second kappa shape index (κ2) is 13.5. The molecule has 2 saturated heterocycles. The molecule has 6 rings (SSSR count). The van der Waals surface area contributed by atoms with Gasteiger partial charge in [-0.15, -0.1) is 0 Å². The monoisotopic (exact) mass is 628 g/mol. The Bertz CT molecular complexity index is 1760. The van der Waals surface area contributed by atoms with Crippen LogP contribution >= 0.6 is 0 Å². The maximum atomic E-state index is 11.7. The molecule has 2 aliphatic rings. The minimum Gasteiger partial charge on any atom is -0.361 e. The number of nitrogens with one attached hydrogen (secondary N) is 5. The van der Waals surface area contributed by atoms with Crippen LogP contribution in [0.25, 0.3) is 21.8 Å². The van der Waals surface area contributed by atoms with Gasteiger partial charge in [0.05, 0.1) is 11.5 Å². The number of likely N-dealkylation sites (tertiary alicyclic amines) is 1. The zero-order chi connectivity index (χ0) is 30.6. The van der Waals surface area contributed by atoms with Gasteiger partial charge in [0.1, 0.15) is 0 Å². The van der Waals surface area contributed by atoms with Crippen molar-refractivity contribution in [3.63, 3.8) is 0 Å². The van der Waals surface area contributed by atoms with Crippen LogP contribution in [0.2, 0.25) is 0 Å². The van der Waals surface area contributed by atoms with Crippen LogP contribution in [-0.4, -0.2) is 78.0 Å². The van der Waals surface area contributed by atoms with Crippen LogP contribution in [0.5, 0.6) is 0 Å². The van der Waals surface area contributed by atoms with Crippen molar-refractivity contribution in [1.29, 1.82) is 0 Å². The highest BCUT2D eigenvalue weighted by Crippen LogP contribution is 2.26. The van der Waals surface area contributed by atoms with Crippen molar-refractivity contribution in [2.75, 3.05) is 34.2 Å². The molecule has 2 fully saturated rings. The summed E-state index contributed by atoms with van der Waals surface area (Å²) in [5, 5.41) is 5.78. The van der Waals surface area contributed by atoms with E-state index < -0.39 is 20.0 Å². The summed E-state index contributed by atoms with van der Waals surface area (Å²) in [5.74, 6) is 0.0408. The molecular weight excluding hydrogens is 585 g/mol. The summed E-state index contributed by atoms with van der Waals surface area (Å²) in [6.45, 7) is 2.26. The van der Waals surface area contributed by atoms with Crippen LogP contribution in [-0.2, 0) is 44.4 Å². The summed E-state index contributed by atoms with van der Waals surface area (Å²) < 4.78 is 51.5. The van der Waals surface area contributed by atoms with Gasteiger partial charge in [-0.2, -0.15) is 0 Å². The molecular formula is C31H44N6O4S2. The first-order valence-electron chi connectivity index (χ1n) is 15.0. The number of hydrogen-bond donors (Lipinski definition) is 5. The van der Waals surface area contributed by atoms with Gasteiger partial charge in [-0.3, -0.25) is 0 Å². The van der Waals surface area contributed by atoms with Crippen LogP contribution in [0.1, 0.15) is 47.9 Å². The highest BCUT2D eigenvalue weighted by molar-refractivity contribution is 7.88. The smallest absolute Gasteiger partial charge is 0.215 e. The van der Waals surface area contributed by atoms with E-state index >= 15 is 0 Å². The standard InChI is InChI=1S/C16H23N3O2S.C15H21N3O2S/c1-17-22(20,21)11-12-5-6-16-15(8-12)13(10-18-16)9-14-4-3-7-19(14)2;1-16-21(19,20)10-11-4-5-15-14(7-11)12(9-18-15)8-13-3-2-6-17-13/h5-6,8,10,14,17-18H,3-4,7,9,11H2,1-2H3;4-5,7,9,13,16-18H,2-3,6,8,10H2,1H3/t14-;13-/m11/s1. The number of hydrogen-bond acceptors (Lipinski definition) is 6. The van der Waals surface area contributed by atoms with E-state index in [1.54, 1.807) is 0 Å². The molecule has 2 atom stereocenters. The Balaban J connectivity index is 0.000000171. The predicted molar refractivity (Wildman–Crippen MR) is 174 cm³/mol. The summed E-state index contributed by atoms with van der Waals surface area (Å²) in [5.41, 5.74) is 6.31. The van der Waals surface area contributed by atoms with E-state index in [1.807, 2.05) is 42.6 Å². The normalized spacial score (nSPS) is 19.7. The average Bonchev–Trinajstić information content (AvgIpc) is 3.79. The van der Waals surface area contributed by atoms with Crippen LogP contribution in [0, 0.1) is 0 Å². The number of rotatable bonds is 10. The second-order valence-corrected chi connectivity index (χ2v) is 15.6. The van der Waals surface area contributed by atoms with Gasteiger partial charge < -0.3 is 20.2 Å². The third-order valence-electron chi connectivity index (χ3n) is 8.75. The molecule has 0 saturated carbocycles. The van der Waals surface area contributed by atoms with Crippen LogP contribution in [0.3, 0.4) is 0 Å². The average molecular weight is 629 g/mol. The summed E-state index contributed by atoms with van der Waals surface area (Å²) in [4.78, 5) is 8.98.